The second kappa shape index (κ2) is 5.55. The highest BCUT2D eigenvalue weighted by Gasteiger charge is 2.13. The number of ether oxygens (including phenoxy) is 2. The van der Waals surface area contributed by atoms with Crippen LogP contribution < -0.4 is 14.8 Å². The molecule has 1 heterocycles. The van der Waals surface area contributed by atoms with Crippen molar-refractivity contribution in [2.45, 2.75) is 26.4 Å². The van der Waals surface area contributed by atoms with Crippen LogP contribution in [0.2, 0.25) is 0 Å². The Kier molecular flexibility index (Phi) is 3.61. The number of nitrogens with one attached hydrogen (secondary N) is 1. The Morgan fingerprint density at radius 1 is 1.10 bits per heavy atom. The molecular formula is C17H19NO2. The smallest absolute Gasteiger partial charge is 0.231 e. The molecule has 3 rings (SSSR count). The highest BCUT2D eigenvalue weighted by Crippen LogP contribution is 2.32. The summed E-state index contributed by atoms with van der Waals surface area (Å²) in [6.07, 6.45) is 0. The van der Waals surface area contributed by atoms with Crippen LogP contribution in [0, 0.1) is 6.92 Å². The minimum atomic E-state index is 0.320. The molecule has 1 N–H and O–H groups in total. The van der Waals surface area contributed by atoms with Crippen molar-refractivity contribution in [2.24, 2.45) is 0 Å². The zero-order valence-electron chi connectivity index (χ0n) is 11.8. The van der Waals surface area contributed by atoms with Crippen LogP contribution in [0.4, 0.5) is 0 Å². The van der Waals surface area contributed by atoms with E-state index in [1.165, 1.54) is 16.7 Å². The lowest BCUT2D eigenvalue weighted by Crippen LogP contribution is -2.18. The molecule has 0 aromatic heterocycles. The van der Waals surface area contributed by atoms with E-state index in [9.17, 15) is 0 Å². The summed E-state index contributed by atoms with van der Waals surface area (Å²) in [5, 5.41) is 3.54. The molecular weight excluding hydrogens is 250 g/mol. The van der Waals surface area contributed by atoms with E-state index < -0.39 is 0 Å². The molecule has 0 amide bonds. The Morgan fingerprint density at radius 2 is 1.95 bits per heavy atom. The molecule has 0 aliphatic carbocycles. The van der Waals surface area contributed by atoms with Crippen molar-refractivity contribution < 1.29 is 9.47 Å². The van der Waals surface area contributed by atoms with Gasteiger partial charge in [0.1, 0.15) is 0 Å². The molecule has 1 aliphatic rings. The Morgan fingerprint density at radius 3 is 2.80 bits per heavy atom. The first kappa shape index (κ1) is 13.0. The fraction of sp³-hybridized carbons (Fsp3) is 0.294. The summed E-state index contributed by atoms with van der Waals surface area (Å²) >= 11 is 0. The Balaban J connectivity index is 1.64. The molecule has 0 bridgehead atoms. The first-order valence-electron chi connectivity index (χ1n) is 6.91. The minimum absolute atomic E-state index is 0.320. The van der Waals surface area contributed by atoms with Crippen LogP contribution in [-0.2, 0) is 6.54 Å². The van der Waals surface area contributed by atoms with Crippen molar-refractivity contribution >= 4 is 0 Å². The summed E-state index contributed by atoms with van der Waals surface area (Å²) < 4.78 is 10.7. The van der Waals surface area contributed by atoms with Crippen LogP contribution in [-0.4, -0.2) is 6.79 Å². The van der Waals surface area contributed by atoms with E-state index in [2.05, 4.69) is 49.5 Å². The third-order valence-corrected chi connectivity index (χ3v) is 3.59. The molecule has 0 fully saturated rings. The van der Waals surface area contributed by atoms with E-state index in [1.54, 1.807) is 0 Å². The lowest BCUT2D eigenvalue weighted by atomic mass is 10.1. The van der Waals surface area contributed by atoms with Crippen molar-refractivity contribution in [3.05, 3.63) is 59.2 Å². The van der Waals surface area contributed by atoms with Crippen LogP contribution in [0.15, 0.2) is 42.5 Å². The Bertz CT molecular complexity index is 610. The summed E-state index contributed by atoms with van der Waals surface area (Å²) in [5.74, 6) is 1.67. The monoisotopic (exact) mass is 269 g/mol. The van der Waals surface area contributed by atoms with E-state index in [-0.39, 0.29) is 0 Å². The summed E-state index contributed by atoms with van der Waals surface area (Å²) in [6, 6.07) is 15.0. The molecule has 0 radical (unpaired) electrons. The van der Waals surface area contributed by atoms with E-state index in [0.717, 1.165) is 18.0 Å². The highest BCUT2D eigenvalue weighted by molar-refractivity contribution is 5.44. The maximum atomic E-state index is 5.40. The lowest BCUT2D eigenvalue weighted by molar-refractivity contribution is 0.174. The van der Waals surface area contributed by atoms with Crippen LogP contribution in [0.5, 0.6) is 11.5 Å². The maximum absolute atomic E-state index is 5.40. The molecule has 1 aliphatic heterocycles. The molecule has 0 spiro atoms. The van der Waals surface area contributed by atoms with Gasteiger partial charge in [-0.05, 0) is 37.1 Å². The lowest BCUT2D eigenvalue weighted by Gasteiger charge is -2.15. The third kappa shape index (κ3) is 2.78. The molecule has 0 unspecified atom stereocenters. The topological polar surface area (TPSA) is 30.5 Å². The number of hydrogen-bond donors (Lipinski definition) is 1. The molecule has 1 atom stereocenters. The molecule has 0 saturated carbocycles. The first-order valence-corrected chi connectivity index (χ1v) is 6.91. The predicted molar refractivity (Wildman–Crippen MR) is 79.0 cm³/mol. The average molecular weight is 269 g/mol. The standard InChI is InChI=1S/C17H19NO2/c1-12-4-3-5-15(8-12)13(2)18-10-14-6-7-16-17(9-14)20-11-19-16/h3-9,13,18H,10-11H2,1-2H3/t13-/m0/s1. The van der Waals surface area contributed by atoms with Crippen molar-refractivity contribution in [3.8, 4) is 11.5 Å². The summed E-state index contributed by atoms with van der Waals surface area (Å²) in [6.45, 7) is 5.44. The fourth-order valence-corrected chi connectivity index (χ4v) is 2.38. The SMILES string of the molecule is Cc1cccc([C@H](C)NCc2ccc3c(c2)OCO3)c1. The highest BCUT2D eigenvalue weighted by atomic mass is 16.7. The summed E-state index contributed by atoms with van der Waals surface area (Å²) in [5.41, 5.74) is 3.80. The second-order valence-electron chi connectivity index (χ2n) is 5.20. The number of rotatable bonds is 4. The fourth-order valence-electron chi connectivity index (χ4n) is 2.38. The Labute approximate surface area is 119 Å². The summed E-state index contributed by atoms with van der Waals surface area (Å²) in [7, 11) is 0. The molecule has 3 heteroatoms. The van der Waals surface area contributed by atoms with Gasteiger partial charge in [-0.1, -0.05) is 35.9 Å². The van der Waals surface area contributed by atoms with Crippen LogP contribution in [0.1, 0.15) is 29.7 Å². The van der Waals surface area contributed by atoms with Gasteiger partial charge in [-0.2, -0.15) is 0 Å². The van der Waals surface area contributed by atoms with Crippen LogP contribution >= 0.6 is 0 Å². The van der Waals surface area contributed by atoms with Gasteiger partial charge in [0.15, 0.2) is 11.5 Å². The van der Waals surface area contributed by atoms with Crippen molar-refractivity contribution in [1.29, 1.82) is 0 Å². The van der Waals surface area contributed by atoms with E-state index in [0.29, 0.717) is 12.8 Å². The Hall–Kier alpha value is -2.00. The van der Waals surface area contributed by atoms with Crippen LogP contribution in [0.25, 0.3) is 0 Å². The number of fused-ring (bicyclic) bond motifs is 1. The molecule has 20 heavy (non-hydrogen) atoms. The van der Waals surface area contributed by atoms with Crippen molar-refractivity contribution in [1.82, 2.24) is 5.32 Å². The van der Waals surface area contributed by atoms with E-state index in [1.807, 2.05) is 12.1 Å². The molecule has 3 nitrogen and oxygen atoms in total. The van der Waals surface area contributed by atoms with Crippen LogP contribution in [0.3, 0.4) is 0 Å². The third-order valence-electron chi connectivity index (χ3n) is 3.59. The van der Waals surface area contributed by atoms with Crippen molar-refractivity contribution in [3.63, 3.8) is 0 Å². The number of hydrogen-bond acceptors (Lipinski definition) is 3. The van der Waals surface area contributed by atoms with Gasteiger partial charge >= 0.3 is 0 Å². The van der Waals surface area contributed by atoms with E-state index in [4.69, 9.17) is 9.47 Å². The van der Waals surface area contributed by atoms with Gasteiger partial charge in [-0.15, -0.1) is 0 Å². The van der Waals surface area contributed by atoms with Gasteiger partial charge in [0, 0.05) is 12.6 Å². The van der Waals surface area contributed by atoms with Gasteiger partial charge in [0.05, 0.1) is 0 Å². The maximum Gasteiger partial charge on any atom is 0.231 e. The number of benzene rings is 2. The largest absolute Gasteiger partial charge is 0.454 e. The number of aryl methyl sites for hydroxylation is 1. The molecule has 2 aromatic rings. The quantitative estimate of drug-likeness (QED) is 0.920. The predicted octanol–water partition coefficient (Wildman–Crippen LogP) is 3.57. The zero-order valence-corrected chi connectivity index (χ0v) is 11.8. The zero-order chi connectivity index (χ0) is 13.9. The van der Waals surface area contributed by atoms with Gasteiger partial charge in [0.2, 0.25) is 6.79 Å². The van der Waals surface area contributed by atoms with Gasteiger partial charge in [-0.3, -0.25) is 0 Å². The molecule has 2 aromatic carbocycles. The summed E-state index contributed by atoms with van der Waals surface area (Å²) in [4.78, 5) is 0. The van der Waals surface area contributed by atoms with Gasteiger partial charge < -0.3 is 14.8 Å². The molecule has 104 valence electrons. The van der Waals surface area contributed by atoms with Crippen molar-refractivity contribution in [2.75, 3.05) is 6.79 Å². The average Bonchev–Trinajstić information content (AvgIpc) is 2.92. The second-order valence-corrected chi connectivity index (χ2v) is 5.20. The first-order chi connectivity index (χ1) is 9.72. The normalized spacial score (nSPS) is 14.3. The van der Waals surface area contributed by atoms with Gasteiger partial charge in [-0.25, -0.2) is 0 Å². The van der Waals surface area contributed by atoms with E-state index >= 15 is 0 Å². The van der Waals surface area contributed by atoms with Gasteiger partial charge in [0.25, 0.3) is 0 Å². The molecule has 0 saturated heterocycles. The minimum Gasteiger partial charge on any atom is -0.454 e.